The van der Waals surface area contributed by atoms with Crippen molar-refractivity contribution in [1.82, 2.24) is 10.2 Å². The molecule has 0 fully saturated rings. The molecular weight excluding hydrogens is 274 g/mol. The molecule has 7 heteroatoms. The Kier molecular flexibility index (Phi) is 4.34. The van der Waals surface area contributed by atoms with Gasteiger partial charge in [0.15, 0.2) is 0 Å². The maximum Gasteiger partial charge on any atom is 0.335 e. The lowest BCUT2D eigenvalue weighted by Gasteiger charge is -2.21. The number of aliphatic hydroxyl groups excluding tert-OH is 1. The minimum atomic E-state index is -1.03. The predicted molar refractivity (Wildman–Crippen MR) is 75.5 cm³/mol. The second-order valence-electron chi connectivity index (χ2n) is 4.44. The molecule has 3 N–H and O–H groups in total. The number of carboxylic acids is 1. The van der Waals surface area contributed by atoms with Crippen LogP contribution in [0, 0.1) is 6.92 Å². The van der Waals surface area contributed by atoms with Gasteiger partial charge in [0.2, 0.25) is 0 Å². The van der Waals surface area contributed by atoms with E-state index in [2.05, 4.69) is 10.2 Å². The number of amides is 1. The van der Waals surface area contributed by atoms with Gasteiger partial charge in [0.05, 0.1) is 23.9 Å². The van der Waals surface area contributed by atoms with Crippen LogP contribution in [0.15, 0.2) is 30.5 Å². The van der Waals surface area contributed by atoms with Crippen LogP contribution >= 0.6 is 0 Å². The number of rotatable bonds is 5. The molecule has 0 saturated heterocycles. The average Bonchev–Trinajstić information content (AvgIpc) is 2.90. The summed E-state index contributed by atoms with van der Waals surface area (Å²) in [6.07, 6.45) is 1.42. The van der Waals surface area contributed by atoms with E-state index >= 15 is 0 Å². The molecule has 0 aliphatic carbocycles. The zero-order valence-electron chi connectivity index (χ0n) is 11.4. The maximum absolute atomic E-state index is 12.5. The Morgan fingerprint density at radius 1 is 1.29 bits per heavy atom. The number of hydrogen-bond donors (Lipinski definition) is 3. The molecule has 0 saturated carbocycles. The fraction of sp³-hybridized carbons (Fsp3) is 0.214. The zero-order valence-corrected chi connectivity index (χ0v) is 11.4. The highest BCUT2D eigenvalue weighted by Gasteiger charge is 2.20. The Bertz CT molecular complexity index is 648. The standard InChI is InChI=1S/C14H15N3O4/c1-9-12(8-15-16-9)13(19)17(6-7-18)11-4-2-10(3-5-11)14(20)21/h2-5,8,18H,6-7H2,1H3,(H,15,16)(H,20,21). The minimum Gasteiger partial charge on any atom is -0.478 e. The summed E-state index contributed by atoms with van der Waals surface area (Å²) < 4.78 is 0. The van der Waals surface area contributed by atoms with Gasteiger partial charge in [-0.1, -0.05) is 0 Å². The summed E-state index contributed by atoms with van der Waals surface area (Å²) in [7, 11) is 0. The van der Waals surface area contributed by atoms with Crippen LogP contribution in [-0.4, -0.2) is 45.4 Å². The van der Waals surface area contributed by atoms with Gasteiger partial charge in [0.25, 0.3) is 5.91 Å². The molecule has 1 aromatic heterocycles. The average molecular weight is 289 g/mol. The van der Waals surface area contributed by atoms with Crippen LogP contribution in [0.4, 0.5) is 5.69 Å². The van der Waals surface area contributed by atoms with Gasteiger partial charge in [-0.25, -0.2) is 4.79 Å². The lowest BCUT2D eigenvalue weighted by Crippen LogP contribution is -2.33. The van der Waals surface area contributed by atoms with Gasteiger partial charge in [0, 0.05) is 17.9 Å². The normalized spacial score (nSPS) is 10.4. The third kappa shape index (κ3) is 3.09. The van der Waals surface area contributed by atoms with Crippen LogP contribution < -0.4 is 4.90 Å². The summed E-state index contributed by atoms with van der Waals surface area (Å²) in [5.74, 6) is -1.34. The van der Waals surface area contributed by atoms with E-state index in [0.29, 0.717) is 16.9 Å². The fourth-order valence-corrected chi connectivity index (χ4v) is 1.94. The molecule has 0 spiro atoms. The van der Waals surface area contributed by atoms with Crippen LogP contribution in [-0.2, 0) is 0 Å². The zero-order chi connectivity index (χ0) is 15.4. The van der Waals surface area contributed by atoms with Crippen molar-refractivity contribution in [2.24, 2.45) is 0 Å². The molecule has 0 aliphatic rings. The quantitative estimate of drug-likeness (QED) is 0.763. The molecule has 0 aliphatic heterocycles. The molecule has 0 atom stereocenters. The lowest BCUT2D eigenvalue weighted by molar-refractivity contribution is 0.0696. The number of aromatic nitrogens is 2. The summed E-state index contributed by atoms with van der Waals surface area (Å²) in [6, 6.07) is 5.90. The van der Waals surface area contributed by atoms with Crippen LogP contribution in [0.3, 0.4) is 0 Å². The first-order valence-electron chi connectivity index (χ1n) is 6.30. The highest BCUT2D eigenvalue weighted by atomic mass is 16.4. The number of H-pyrrole nitrogens is 1. The molecule has 2 aromatic rings. The van der Waals surface area contributed by atoms with Crippen LogP contribution in [0.2, 0.25) is 0 Å². The van der Waals surface area contributed by atoms with E-state index in [-0.39, 0.29) is 24.6 Å². The number of aryl methyl sites for hydroxylation is 1. The minimum absolute atomic E-state index is 0.107. The third-order valence-electron chi connectivity index (χ3n) is 3.06. The van der Waals surface area contributed by atoms with Gasteiger partial charge < -0.3 is 15.1 Å². The van der Waals surface area contributed by atoms with Gasteiger partial charge in [0.1, 0.15) is 0 Å². The summed E-state index contributed by atoms with van der Waals surface area (Å²) >= 11 is 0. The first-order valence-corrected chi connectivity index (χ1v) is 6.30. The first kappa shape index (κ1) is 14.7. The second kappa shape index (κ2) is 6.19. The van der Waals surface area contributed by atoms with Crippen LogP contribution in [0.1, 0.15) is 26.4 Å². The Morgan fingerprint density at radius 3 is 2.43 bits per heavy atom. The summed E-state index contributed by atoms with van der Waals surface area (Å²) in [6.45, 7) is 1.63. The SMILES string of the molecule is Cc1[nH]ncc1C(=O)N(CCO)c1ccc(C(=O)O)cc1. The number of carboxylic acid groups (broad SMARTS) is 1. The van der Waals surface area contributed by atoms with Crippen molar-refractivity contribution < 1.29 is 19.8 Å². The van der Waals surface area contributed by atoms with Gasteiger partial charge in [-0.3, -0.25) is 9.89 Å². The van der Waals surface area contributed by atoms with Crippen molar-refractivity contribution in [3.63, 3.8) is 0 Å². The van der Waals surface area contributed by atoms with Crippen molar-refractivity contribution in [3.8, 4) is 0 Å². The number of carbonyl (C=O) groups excluding carboxylic acids is 1. The third-order valence-corrected chi connectivity index (χ3v) is 3.06. The number of aromatic amines is 1. The summed E-state index contributed by atoms with van der Waals surface area (Å²) in [5, 5.41) is 24.5. The molecule has 0 radical (unpaired) electrons. The Morgan fingerprint density at radius 2 is 1.95 bits per heavy atom. The molecule has 2 rings (SSSR count). The molecule has 21 heavy (non-hydrogen) atoms. The number of aliphatic hydroxyl groups is 1. The van der Waals surface area contributed by atoms with Gasteiger partial charge >= 0.3 is 5.97 Å². The van der Waals surface area contributed by atoms with Crippen LogP contribution in [0.5, 0.6) is 0 Å². The number of carbonyl (C=O) groups is 2. The van der Waals surface area contributed by atoms with E-state index in [4.69, 9.17) is 10.2 Å². The van der Waals surface area contributed by atoms with E-state index < -0.39 is 5.97 Å². The summed E-state index contributed by atoms with van der Waals surface area (Å²) in [5.41, 5.74) is 1.69. The Balaban J connectivity index is 2.32. The van der Waals surface area contributed by atoms with E-state index in [1.165, 1.54) is 35.4 Å². The van der Waals surface area contributed by atoms with Crippen molar-refractivity contribution in [2.75, 3.05) is 18.1 Å². The first-order chi connectivity index (χ1) is 10.0. The van der Waals surface area contributed by atoms with E-state index in [9.17, 15) is 9.59 Å². The number of aromatic carboxylic acids is 1. The number of nitrogens with zero attached hydrogens (tertiary/aromatic N) is 2. The predicted octanol–water partition coefficient (Wildman–Crippen LogP) is 1.06. The Hall–Kier alpha value is -2.67. The monoisotopic (exact) mass is 289 g/mol. The molecule has 110 valence electrons. The van der Waals surface area contributed by atoms with E-state index in [0.717, 1.165) is 0 Å². The largest absolute Gasteiger partial charge is 0.478 e. The fourth-order valence-electron chi connectivity index (χ4n) is 1.94. The van der Waals surface area contributed by atoms with Crippen molar-refractivity contribution in [1.29, 1.82) is 0 Å². The van der Waals surface area contributed by atoms with Gasteiger partial charge in [-0.15, -0.1) is 0 Å². The molecule has 1 aromatic carbocycles. The van der Waals surface area contributed by atoms with Gasteiger partial charge in [-0.2, -0.15) is 5.10 Å². The summed E-state index contributed by atoms with van der Waals surface area (Å²) in [4.78, 5) is 24.7. The number of benzene rings is 1. The molecule has 0 bridgehead atoms. The Labute approximate surface area is 120 Å². The van der Waals surface area contributed by atoms with E-state index in [1.807, 2.05) is 0 Å². The number of nitrogens with one attached hydrogen (secondary N) is 1. The maximum atomic E-state index is 12.5. The van der Waals surface area contributed by atoms with Crippen LogP contribution in [0.25, 0.3) is 0 Å². The molecule has 0 unspecified atom stereocenters. The molecular formula is C14H15N3O4. The van der Waals surface area contributed by atoms with Crippen molar-refractivity contribution >= 4 is 17.6 Å². The number of anilines is 1. The smallest absolute Gasteiger partial charge is 0.335 e. The van der Waals surface area contributed by atoms with Gasteiger partial charge in [-0.05, 0) is 31.2 Å². The molecule has 7 nitrogen and oxygen atoms in total. The lowest BCUT2D eigenvalue weighted by atomic mass is 10.1. The second-order valence-corrected chi connectivity index (χ2v) is 4.44. The van der Waals surface area contributed by atoms with E-state index in [1.54, 1.807) is 6.92 Å². The van der Waals surface area contributed by atoms with Crippen molar-refractivity contribution in [2.45, 2.75) is 6.92 Å². The highest BCUT2D eigenvalue weighted by Crippen LogP contribution is 2.19. The number of hydrogen-bond acceptors (Lipinski definition) is 4. The highest BCUT2D eigenvalue weighted by molar-refractivity contribution is 6.06. The molecule has 1 amide bonds. The van der Waals surface area contributed by atoms with Crippen molar-refractivity contribution in [3.05, 3.63) is 47.3 Å². The molecule has 1 heterocycles. The topological polar surface area (TPSA) is 107 Å².